The lowest BCUT2D eigenvalue weighted by Gasteiger charge is -2.24. The molecular formula is C25H26ClNO3. The minimum absolute atomic E-state index is 0.0144. The Kier molecular flexibility index (Phi) is 7.79. The fraction of sp³-hybridized carbons (Fsp3) is 0.200. The Morgan fingerprint density at radius 1 is 1.23 bits per heavy atom. The number of methoxy groups -OCH3 is 1. The fourth-order valence-corrected chi connectivity index (χ4v) is 3.85. The first-order valence-corrected chi connectivity index (χ1v) is 9.84. The van der Waals surface area contributed by atoms with Crippen molar-refractivity contribution in [1.82, 2.24) is 0 Å². The molecule has 5 heteroatoms. The van der Waals surface area contributed by atoms with Gasteiger partial charge in [-0.3, -0.25) is 0 Å². The van der Waals surface area contributed by atoms with Crippen molar-refractivity contribution in [2.24, 2.45) is 5.92 Å². The maximum atomic E-state index is 12.3. The van der Waals surface area contributed by atoms with Crippen LogP contribution in [0.15, 0.2) is 72.8 Å². The van der Waals surface area contributed by atoms with Gasteiger partial charge in [-0.05, 0) is 29.5 Å². The average molecular weight is 424 g/mol. The lowest BCUT2D eigenvalue weighted by molar-refractivity contribution is -0.135. The third-order valence-corrected chi connectivity index (χ3v) is 5.48. The molecule has 0 aliphatic carbocycles. The third kappa shape index (κ3) is 4.55. The van der Waals surface area contributed by atoms with E-state index in [0.29, 0.717) is 21.7 Å². The summed E-state index contributed by atoms with van der Waals surface area (Å²) >= 11 is 6.86. The van der Waals surface area contributed by atoms with Gasteiger partial charge in [0.1, 0.15) is 11.3 Å². The minimum Gasteiger partial charge on any atom is -0.506 e. The predicted molar refractivity (Wildman–Crippen MR) is 124 cm³/mol. The van der Waals surface area contributed by atoms with Crippen LogP contribution in [0.1, 0.15) is 30.9 Å². The van der Waals surface area contributed by atoms with E-state index in [-0.39, 0.29) is 23.2 Å². The van der Waals surface area contributed by atoms with E-state index in [9.17, 15) is 9.90 Å². The Balaban J connectivity index is 2.88. The second kappa shape index (κ2) is 10.1. The molecule has 0 bridgehead atoms. The molecular weight excluding hydrogens is 398 g/mol. The Morgan fingerprint density at radius 3 is 2.37 bits per heavy atom. The van der Waals surface area contributed by atoms with E-state index in [1.165, 1.54) is 13.3 Å². The molecule has 0 aliphatic heterocycles. The Bertz CT molecular complexity index is 1000. The van der Waals surface area contributed by atoms with Crippen LogP contribution in [-0.2, 0) is 9.53 Å². The van der Waals surface area contributed by atoms with Crippen LogP contribution in [-0.4, -0.2) is 24.4 Å². The molecule has 0 aromatic heterocycles. The largest absolute Gasteiger partial charge is 0.506 e. The predicted octanol–water partition coefficient (Wildman–Crippen LogP) is 6.58. The van der Waals surface area contributed by atoms with Crippen LogP contribution in [0, 0.1) is 11.3 Å². The normalized spacial score (nSPS) is 13.6. The van der Waals surface area contributed by atoms with Crippen molar-refractivity contribution < 1.29 is 14.6 Å². The number of hydrogen-bond donors (Lipinski definition) is 2. The molecule has 4 nitrogen and oxygen atoms in total. The maximum Gasteiger partial charge on any atom is 0.341 e. The summed E-state index contributed by atoms with van der Waals surface area (Å²) in [7, 11) is 1.25. The Morgan fingerprint density at radius 2 is 1.87 bits per heavy atom. The smallest absolute Gasteiger partial charge is 0.341 e. The van der Waals surface area contributed by atoms with Crippen molar-refractivity contribution in [3.63, 3.8) is 0 Å². The number of esters is 1. The summed E-state index contributed by atoms with van der Waals surface area (Å²) in [6.45, 7) is 11.1. The monoisotopic (exact) mass is 423 g/mol. The molecule has 0 saturated heterocycles. The van der Waals surface area contributed by atoms with Gasteiger partial charge in [-0.1, -0.05) is 73.6 Å². The summed E-state index contributed by atoms with van der Waals surface area (Å²) in [5, 5.41) is 19.3. The molecule has 2 unspecified atom stereocenters. The number of hydrogen-bond acceptors (Lipinski definition) is 4. The molecule has 2 atom stereocenters. The van der Waals surface area contributed by atoms with Crippen LogP contribution in [0.2, 0.25) is 5.02 Å². The standard InChI is InChI=1S/C25H26ClNO3/c1-6-17(14-27)16(4)22-20(24(28)21(15(2)3)25(29)30-5)13-12-19(23(22)26)18-10-8-7-9-11-18/h6-14,16-17,27-28H,1-2H2,3-5H3/b24-21-,27-14?. The van der Waals surface area contributed by atoms with Gasteiger partial charge in [-0.15, -0.1) is 6.58 Å². The van der Waals surface area contributed by atoms with Gasteiger partial charge < -0.3 is 15.3 Å². The van der Waals surface area contributed by atoms with Crippen molar-refractivity contribution in [3.8, 4) is 11.1 Å². The molecule has 0 aliphatic rings. The average Bonchev–Trinajstić information content (AvgIpc) is 2.74. The molecule has 0 saturated carbocycles. The second-order valence-electron chi connectivity index (χ2n) is 7.02. The molecule has 156 valence electrons. The molecule has 0 fully saturated rings. The van der Waals surface area contributed by atoms with Crippen molar-refractivity contribution in [1.29, 1.82) is 5.41 Å². The van der Waals surface area contributed by atoms with E-state index in [4.69, 9.17) is 21.7 Å². The minimum atomic E-state index is -0.686. The highest BCUT2D eigenvalue weighted by atomic mass is 35.5. The van der Waals surface area contributed by atoms with E-state index >= 15 is 0 Å². The van der Waals surface area contributed by atoms with E-state index in [2.05, 4.69) is 13.2 Å². The molecule has 2 aromatic rings. The number of aliphatic hydroxyl groups is 1. The molecule has 30 heavy (non-hydrogen) atoms. The highest BCUT2D eigenvalue weighted by Crippen LogP contribution is 2.42. The van der Waals surface area contributed by atoms with Gasteiger partial charge in [-0.2, -0.15) is 0 Å². The number of nitrogens with one attached hydrogen (secondary N) is 1. The van der Waals surface area contributed by atoms with E-state index in [0.717, 1.165) is 11.1 Å². The molecule has 2 aromatic carbocycles. The van der Waals surface area contributed by atoms with Crippen molar-refractivity contribution >= 4 is 29.5 Å². The first-order valence-electron chi connectivity index (χ1n) is 9.47. The Labute approximate surface area is 182 Å². The van der Waals surface area contributed by atoms with Gasteiger partial charge in [0.15, 0.2) is 0 Å². The van der Waals surface area contributed by atoms with Crippen LogP contribution in [0.3, 0.4) is 0 Å². The summed E-state index contributed by atoms with van der Waals surface area (Å²) < 4.78 is 4.83. The summed E-state index contributed by atoms with van der Waals surface area (Å²) in [4.78, 5) is 12.3. The van der Waals surface area contributed by atoms with Gasteiger partial charge in [0, 0.05) is 23.3 Å². The van der Waals surface area contributed by atoms with Gasteiger partial charge >= 0.3 is 5.97 Å². The fourth-order valence-electron chi connectivity index (χ4n) is 3.40. The molecule has 0 amide bonds. The van der Waals surface area contributed by atoms with Gasteiger partial charge in [-0.25, -0.2) is 4.79 Å². The molecule has 2 rings (SSSR count). The maximum absolute atomic E-state index is 12.3. The number of carbonyl (C=O) groups excluding carboxylic acids is 1. The highest BCUT2D eigenvalue weighted by molar-refractivity contribution is 6.34. The summed E-state index contributed by atoms with van der Waals surface area (Å²) in [5.41, 5.74) is 3.08. The van der Waals surface area contributed by atoms with Crippen LogP contribution >= 0.6 is 11.6 Å². The number of aliphatic hydroxyl groups excluding tert-OH is 1. The molecule has 0 heterocycles. The zero-order valence-electron chi connectivity index (χ0n) is 17.4. The summed E-state index contributed by atoms with van der Waals surface area (Å²) in [5.74, 6) is -1.54. The van der Waals surface area contributed by atoms with E-state index in [1.54, 1.807) is 25.1 Å². The second-order valence-corrected chi connectivity index (χ2v) is 7.40. The molecule has 2 N–H and O–H groups in total. The van der Waals surface area contributed by atoms with E-state index in [1.807, 2.05) is 37.3 Å². The molecule has 0 radical (unpaired) electrons. The van der Waals surface area contributed by atoms with Gasteiger partial charge in [0.05, 0.1) is 12.1 Å². The first-order chi connectivity index (χ1) is 14.3. The van der Waals surface area contributed by atoms with Gasteiger partial charge in [0.2, 0.25) is 0 Å². The van der Waals surface area contributed by atoms with Crippen LogP contribution in [0.25, 0.3) is 16.9 Å². The van der Waals surface area contributed by atoms with Crippen LogP contribution in [0.4, 0.5) is 0 Å². The lowest BCUT2D eigenvalue weighted by Crippen LogP contribution is -2.14. The number of benzene rings is 2. The molecule has 0 spiro atoms. The van der Waals surface area contributed by atoms with Crippen molar-refractivity contribution in [2.75, 3.05) is 7.11 Å². The topological polar surface area (TPSA) is 70.4 Å². The van der Waals surface area contributed by atoms with Gasteiger partial charge in [0.25, 0.3) is 0 Å². The number of ether oxygens (including phenoxy) is 1. The number of halogens is 1. The SMILES string of the molecule is C=CC(C=N)C(C)c1c(/C(O)=C(\C(=C)C)C(=O)OC)ccc(-c2ccccc2)c1Cl. The number of rotatable bonds is 8. The van der Waals surface area contributed by atoms with Crippen LogP contribution in [0.5, 0.6) is 0 Å². The third-order valence-electron chi connectivity index (χ3n) is 5.07. The number of allylic oxidation sites excluding steroid dienone is 1. The highest BCUT2D eigenvalue weighted by Gasteiger charge is 2.27. The van der Waals surface area contributed by atoms with Crippen molar-refractivity contribution in [3.05, 3.63) is 89.0 Å². The zero-order valence-corrected chi connectivity index (χ0v) is 18.2. The summed E-state index contributed by atoms with van der Waals surface area (Å²) in [6.07, 6.45) is 2.95. The quantitative estimate of drug-likeness (QED) is 0.126. The zero-order chi connectivity index (χ0) is 22.4. The van der Waals surface area contributed by atoms with Crippen molar-refractivity contribution in [2.45, 2.75) is 19.8 Å². The number of carbonyl (C=O) groups is 1. The summed E-state index contributed by atoms with van der Waals surface area (Å²) in [6, 6.07) is 13.2. The lowest BCUT2D eigenvalue weighted by atomic mass is 9.82. The first kappa shape index (κ1) is 23.2. The van der Waals surface area contributed by atoms with E-state index < -0.39 is 5.97 Å². The van der Waals surface area contributed by atoms with Crippen LogP contribution < -0.4 is 0 Å². The Hall–Kier alpha value is -3.11.